The molecule has 0 spiro atoms. The quantitative estimate of drug-likeness (QED) is 0.557. The fraction of sp³-hybridized carbons (Fsp3) is 0.429. The van der Waals surface area contributed by atoms with Gasteiger partial charge in [0, 0.05) is 26.2 Å². The van der Waals surface area contributed by atoms with Crippen molar-refractivity contribution in [1.82, 2.24) is 19.0 Å². The van der Waals surface area contributed by atoms with E-state index in [1.165, 1.54) is 11.3 Å². The Labute approximate surface area is 157 Å². The molecule has 0 atom stereocenters. The van der Waals surface area contributed by atoms with Crippen LogP contribution in [-0.2, 0) is 16.7 Å². The number of hydrogen-bond donors (Lipinski definition) is 0. The van der Waals surface area contributed by atoms with Crippen LogP contribution in [-0.4, -0.2) is 53.6 Å². The number of rotatable bonds is 4. The van der Waals surface area contributed by atoms with E-state index in [2.05, 4.69) is 5.10 Å². The van der Waals surface area contributed by atoms with E-state index in [0.717, 1.165) is 15.4 Å². The molecule has 1 aromatic carbocycles. The summed E-state index contributed by atoms with van der Waals surface area (Å²) in [4.78, 5) is 1.10. The van der Waals surface area contributed by atoms with Crippen molar-refractivity contribution in [3.63, 3.8) is 0 Å². The van der Waals surface area contributed by atoms with Crippen LogP contribution in [0.5, 0.6) is 0 Å². The van der Waals surface area contributed by atoms with Crippen molar-refractivity contribution < 1.29 is 21.6 Å². The maximum Gasteiger partial charge on any atom is 0.246 e. The lowest BCUT2D eigenvalue weighted by Crippen LogP contribution is -2.49. The smallest absolute Gasteiger partial charge is 0.246 e. The SMILES string of the molecule is Cc1nn(CN2CCN(S(=O)(=O)c3ccc(F)c(F)c3F)CC2)c(=S)s1. The van der Waals surface area contributed by atoms with Gasteiger partial charge in [-0.15, -0.1) is 0 Å². The molecular weight excluding hydrogens is 409 g/mol. The zero-order valence-corrected chi connectivity index (χ0v) is 16.1. The van der Waals surface area contributed by atoms with Gasteiger partial charge in [-0.05, 0) is 31.3 Å². The predicted molar refractivity (Wildman–Crippen MR) is 92.3 cm³/mol. The summed E-state index contributed by atoms with van der Waals surface area (Å²) in [5.41, 5.74) is 0. The molecule has 1 fully saturated rings. The predicted octanol–water partition coefficient (Wildman–Crippen LogP) is 2.36. The minimum Gasteiger partial charge on any atom is -0.282 e. The number of nitrogens with zero attached hydrogens (tertiary/aromatic N) is 4. The molecular formula is C14H15F3N4O2S3. The van der Waals surface area contributed by atoms with Crippen LogP contribution in [0.15, 0.2) is 17.0 Å². The molecule has 0 aliphatic carbocycles. The Hall–Kier alpha value is -1.34. The minimum absolute atomic E-state index is 0.0945. The molecule has 0 bridgehead atoms. The van der Waals surface area contributed by atoms with Crippen LogP contribution in [0.2, 0.25) is 0 Å². The van der Waals surface area contributed by atoms with Gasteiger partial charge in [0.05, 0.1) is 6.67 Å². The Bertz CT molecular complexity index is 982. The van der Waals surface area contributed by atoms with Gasteiger partial charge in [-0.25, -0.2) is 26.3 Å². The molecule has 6 nitrogen and oxygen atoms in total. The van der Waals surface area contributed by atoms with Crippen LogP contribution in [0.4, 0.5) is 13.2 Å². The van der Waals surface area contributed by atoms with Crippen molar-refractivity contribution in [2.75, 3.05) is 26.2 Å². The second kappa shape index (κ2) is 7.35. The van der Waals surface area contributed by atoms with Gasteiger partial charge < -0.3 is 0 Å². The Kier molecular flexibility index (Phi) is 5.49. The Morgan fingerprint density at radius 3 is 2.38 bits per heavy atom. The Morgan fingerprint density at radius 1 is 1.15 bits per heavy atom. The summed E-state index contributed by atoms with van der Waals surface area (Å²) < 4.78 is 68.7. The third-order valence-corrected chi connectivity index (χ3v) is 7.13. The lowest BCUT2D eigenvalue weighted by Gasteiger charge is -2.33. The molecule has 1 aliphatic heterocycles. The summed E-state index contributed by atoms with van der Waals surface area (Å²) in [6.45, 7) is 3.22. The van der Waals surface area contributed by atoms with Gasteiger partial charge >= 0.3 is 0 Å². The van der Waals surface area contributed by atoms with Crippen molar-refractivity contribution in [3.05, 3.63) is 38.5 Å². The van der Waals surface area contributed by atoms with Gasteiger partial charge in [0.1, 0.15) is 9.90 Å². The number of hydrogen-bond acceptors (Lipinski definition) is 6. The summed E-state index contributed by atoms with van der Waals surface area (Å²) in [5, 5.41) is 5.12. The second-order valence-corrected chi connectivity index (χ2v) is 9.46. The first kappa shape index (κ1) is 19.4. The van der Waals surface area contributed by atoms with Crippen LogP contribution >= 0.6 is 23.6 Å². The van der Waals surface area contributed by atoms with Crippen molar-refractivity contribution in [1.29, 1.82) is 0 Å². The van der Waals surface area contributed by atoms with Crippen molar-refractivity contribution in [2.45, 2.75) is 18.5 Å². The summed E-state index contributed by atoms with van der Waals surface area (Å²) >= 11 is 6.59. The fourth-order valence-electron chi connectivity index (χ4n) is 2.65. The first-order valence-electron chi connectivity index (χ1n) is 7.60. The van der Waals surface area contributed by atoms with E-state index in [-0.39, 0.29) is 13.1 Å². The molecule has 0 amide bonds. The van der Waals surface area contributed by atoms with E-state index in [4.69, 9.17) is 12.2 Å². The van der Waals surface area contributed by atoms with Gasteiger partial charge in [0.2, 0.25) is 10.0 Å². The molecule has 2 heterocycles. The van der Waals surface area contributed by atoms with E-state index in [1.54, 1.807) is 4.68 Å². The normalized spacial score (nSPS) is 16.9. The van der Waals surface area contributed by atoms with Gasteiger partial charge in [0.15, 0.2) is 21.4 Å². The van der Waals surface area contributed by atoms with Crippen LogP contribution in [0.25, 0.3) is 0 Å². The highest BCUT2D eigenvalue weighted by Gasteiger charge is 2.32. The number of sulfonamides is 1. The largest absolute Gasteiger partial charge is 0.282 e. The molecule has 1 aliphatic rings. The van der Waals surface area contributed by atoms with Gasteiger partial charge in [0.25, 0.3) is 0 Å². The highest BCUT2D eigenvalue weighted by Crippen LogP contribution is 2.24. The van der Waals surface area contributed by atoms with Crippen LogP contribution in [0.3, 0.4) is 0 Å². The highest BCUT2D eigenvalue weighted by molar-refractivity contribution is 7.89. The third-order valence-electron chi connectivity index (χ3n) is 3.99. The van der Waals surface area contributed by atoms with Crippen LogP contribution in [0, 0.1) is 28.3 Å². The lowest BCUT2D eigenvalue weighted by atomic mass is 10.3. The van der Waals surface area contributed by atoms with Crippen LogP contribution < -0.4 is 0 Å². The maximum absolute atomic E-state index is 13.9. The van der Waals surface area contributed by atoms with Gasteiger partial charge in [-0.1, -0.05) is 11.3 Å². The summed E-state index contributed by atoms with van der Waals surface area (Å²) in [6, 6.07) is 1.35. The summed E-state index contributed by atoms with van der Waals surface area (Å²) in [7, 11) is -4.25. The standard InChI is InChI=1S/C14H15F3N4O2S3/c1-9-18-21(14(24)25-9)8-19-4-6-20(7-5-19)26(22,23)11-3-2-10(15)12(16)13(11)17/h2-3H,4-8H2,1H3. The average molecular weight is 424 g/mol. The first-order valence-corrected chi connectivity index (χ1v) is 10.3. The number of benzene rings is 1. The Balaban J connectivity index is 1.72. The molecule has 26 heavy (non-hydrogen) atoms. The number of aromatic nitrogens is 2. The molecule has 12 heteroatoms. The average Bonchev–Trinajstić information content (AvgIpc) is 2.90. The van der Waals surface area contributed by atoms with Crippen LogP contribution in [0.1, 0.15) is 5.01 Å². The third kappa shape index (κ3) is 3.69. The van der Waals surface area contributed by atoms with E-state index in [9.17, 15) is 21.6 Å². The van der Waals surface area contributed by atoms with Gasteiger partial charge in [-0.3, -0.25) is 4.90 Å². The molecule has 0 saturated carbocycles. The molecule has 1 aromatic heterocycles. The molecule has 1 saturated heterocycles. The topological polar surface area (TPSA) is 58.4 Å². The zero-order chi connectivity index (χ0) is 19.1. The van der Waals surface area contributed by atoms with E-state index >= 15 is 0 Å². The molecule has 3 rings (SSSR count). The maximum atomic E-state index is 13.9. The molecule has 0 radical (unpaired) electrons. The number of halogens is 3. The van der Waals surface area contributed by atoms with Crippen molar-refractivity contribution in [2.24, 2.45) is 0 Å². The molecule has 0 N–H and O–H groups in total. The van der Waals surface area contributed by atoms with Gasteiger partial charge in [-0.2, -0.15) is 9.40 Å². The van der Waals surface area contributed by atoms with Crippen molar-refractivity contribution >= 4 is 33.6 Å². The zero-order valence-electron chi connectivity index (χ0n) is 13.7. The summed E-state index contributed by atoms with van der Waals surface area (Å²) in [5.74, 6) is -4.92. The van der Waals surface area contributed by atoms with E-state index < -0.39 is 32.4 Å². The molecule has 2 aromatic rings. The lowest BCUT2D eigenvalue weighted by molar-refractivity contribution is 0.145. The molecule has 0 unspecified atom stereocenters. The second-order valence-electron chi connectivity index (χ2n) is 5.72. The van der Waals surface area contributed by atoms with Crippen molar-refractivity contribution in [3.8, 4) is 0 Å². The monoisotopic (exact) mass is 424 g/mol. The highest BCUT2D eigenvalue weighted by atomic mass is 32.2. The summed E-state index contributed by atoms with van der Waals surface area (Å²) in [6.07, 6.45) is 0. The minimum atomic E-state index is -4.25. The first-order chi connectivity index (χ1) is 12.2. The van der Waals surface area contributed by atoms with E-state index in [0.29, 0.717) is 29.8 Å². The number of piperazine rings is 1. The molecule has 142 valence electrons. The fourth-order valence-corrected chi connectivity index (χ4v) is 5.18. The number of aryl methyl sites for hydroxylation is 1. The Morgan fingerprint density at radius 2 is 1.81 bits per heavy atom. The van der Waals surface area contributed by atoms with E-state index in [1.807, 2.05) is 11.8 Å².